The van der Waals surface area contributed by atoms with Gasteiger partial charge in [-0.05, 0) is 48.5 Å². The first-order valence-electron chi connectivity index (χ1n) is 9.11. The van der Waals surface area contributed by atoms with Crippen molar-refractivity contribution in [2.45, 2.75) is 0 Å². The fourth-order valence-corrected chi connectivity index (χ4v) is 2.75. The van der Waals surface area contributed by atoms with Crippen LogP contribution in [0.25, 0.3) is 0 Å². The van der Waals surface area contributed by atoms with Crippen LogP contribution in [0.3, 0.4) is 0 Å². The molecule has 9 nitrogen and oxygen atoms in total. The Morgan fingerprint density at radius 2 is 1.78 bits per heavy atom. The van der Waals surface area contributed by atoms with Crippen LogP contribution in [-0.4, -0.2) is 30.1 Å². The van der Waals surface area contributed by atoms with E-state index in [9.17, 15) is 19.7 Å². The predicted molar refractivity (Wildman–Crippen MR) is 118 cm³/mol. The highest BCUT2D eigenvalue weighted by atomic mass is 35.5. The summed E-state index contributed by atoms with van der Waals surface area (Å²) in [6.07, 6.45) is 1.15. The number of hydrazone groups is 1. The number of amides is 1. The van der Waals surface area contributed by atoms with E-state index in [0.29, 0.717) is 16.3 Å². The number of halogens is 1. The summed E-state index contributed by atoms with van der Waals surface area (Å²) < 4.78 is 10.4. The molecule has 32 heavy (non-hydrogen) atoms. The first-order chi connectivity index (χ1) is 15.4. The van der Waals surface area contributed by atoms with Crippen molar-refractivity contribution in [1.29, 1.82) is 0 Å². The van der Waals surface area contributed by atoms with Crippen molar-refractivity contribution in [1.82, 2.24) is 5.43 Å². The standard InChI is InChI=1S/C22H16ClN3O6/c1-31-18-6-2-4-15(12-18)22(28)32-20-16(5-3-7-19(20)26(29)30)13-24-25-21(27)14-8-10-17(23)11-9-14/h2-13H,1H3,(H,25,27)/b24-13+. The summed E-state index contributed by atoms with van der Waals surface area (Å²) in [5.41, 5.74) is 2.44. The third-order valence-corrected chi connectivity index (χ3v) is 4.45. The van der Waals surface area contributed by atoms with Crippen molar-refractivity contribution < 1.29 is 24.0 Å². The molecule has 1 amide bonds. The number of para-hydroxylation sites is 1. The maximum Gasteiger partial charge on any atom is 0.343 e. The summed E-state index contributed by atoms with van der Waals surface area (Å²) in [6.45, 7) is 0. The molecule has 3 aromatic rings. The van der Waals surface area contributed by atoms with Crippen molar-refractivity contribution in [3.05, 3.63) is 98.6 Å². The van der Waals surface area contributed by atoms with E-state index in [4.69, 9.17) is 21.1 Å². The summed E-state index contributed by atoms with van der Waals surface area (Å²) in [5.74, 6) is -1.22. The molecule has 0 aromatic heterocycles. The summed E-state index contributed by atoms with van der Waals surface area (Å²) in [7, 11) is 1.44. The molecule has 0 radical (unpaired) electrons. The predicted octanol–water partition coefficient (Wildman–Crippen LogP) is 4.24. The van der Waals surface area contributed by atoms with Gasteiger partial charge in [0, 0.05) is 22.2 Å². The zero-order valence-electron chi connectivity index (χ0n) is 16.7. The number of benzene rings is 3. The van der Waals surface area contributed by atoms with Gasteiger partial charge >= 0.3 is 11.7 Å². The number of nitrogens with one attached hydrogen (secondary N) is 1. The first-order valence-corrected chi connectivity index (χ1v) is 9.49. The number of nitro groups is 1. The van der Waals surface area contributed by atoms with Crippen LogP contribution < -0.4 is 14.9 Å². The van der Waals surface area contributed by atoms with Crippen molar-refractivity contribution >= 4 is 35.4 Å². The smallest absolute Gasteiger partial charge is 0.343 e. The maximum atomic E-state index is 12.6. The molecule has 1 N–H and O–H groups in total. The third kappa shape index (κ3) is 5.46. The number of nitro benzene ring substituents is 1. The Morgan fingerprint density at radius 1 is 1.06 bits per heavy atom. The second kappa shape index (κ2) is 10.2. The van der Waals surface area contributed by atoms with Crippen molar-refractivity contribution in [2.75, 3.05) is 7.11 Å². The summed E-state index contributed by atoms with van der Waals surface area (Å²) in [6, 6.07) is 16.3. The number of esters is 1. The minimum atomic E-state index is -0.821. The Balaban J connectivity index is 1.84. The van der Waals surface area contributed by atoms with Crippen LogP contribution in [0, 0.1) is 10.1 Å². The minimum absolute atomic E-state index is 0.117. The van der Waals surface area contributed by atoms with E-state index in [-0.39, 0.29) is 16.9 Å². The Hall–Kier alpha value is -4.24. The van der Waals surface area contributed by atoms with Gasteiger partial charge in [0.25, 0.3) is 5.91 Å². The number of methoxy groups -OCH3 is 1. The van der Waals surface area contributed by atoms with E-state index in [2.05, 4.69) is 10.5 Å². The molecule has 10 heteroatoms. The van der Waals surface area contributed by atoms with E-state index in [1.165, 1.54) is 49.6 Å². The SMILES string of the molecule is COc1cccc(C(=O)Oc2c(/C=N/NC(=O)c3ccc(Cl)cc3)cccc2[N+](=O)[O-])c1. The monoisotopic (exact) mass is 453 g/mol. The van der Waals surface area contributed by atoms with Gasteiger partial charge in [-0.3, -0.25) is 14.9 Å². The van der Waals surface area contributed by atoms with Gasteiger partial charge in [-0.1, -0.05) is 23.7 Å². The largest absolute Gasteiger partial charge is 0.497 e. The fourth-order valence-electron chi connectivity index (χ4n) is 2.63. The Kier molecular flexibility index (Phi) is 7.14. The summed E-state index contributed by atoms with van der Waals surface area (Å²) in [5, 5.41) is 15.7. The van der Waals surface area contributed by atoms with Gasteiger partial charge < -0.3 is 9.47 Å². The first kappa shape index (κ1) is 22.4. The summed E-state index contributed by atoms with van der Waals surface area (Å²) >= 11 is 5.80. The van der Waals surface area contributed by atoms with E-state index in [0.717, 1.165) is 6.21 Å². The zero-order valence-corrected chi connectivity index (χ0v) is 17.4. The lowest BCUT2D eigenvalue weighted by molar-refractivity contribution is -0.385. The lowest BCUT2D eigenvalue weighted by Crippen LogP contribution is -2.17. The van der Waals surface area contributed by atoms with Gasteiger partial charge in [0.05, 0.1) is 23.8 Å². The van der Waals surface area contributed by atoms with Gasteiger partial charge in [-0.15, -0.1) is 0 Å². The van der Waals surface area contributed by atoms with Crippen LogP contribution in [0.2, 0.25) is 5.02 Å². The Morgan fingerprint density at radius 3 is 2.47 bits per heavy atom. The van der Waals surface area contributed by atoms with Crippen LogP contribution in [0.1, 0.15) is 26.3 Å². The quantitative estimate of drug-likeness (QED) is 0.188. The van der Waals surface area contributed by atoms with Gasteiger partial charge in [0.1, 0.15) is 5.75 Å². The van der Waals surface area contributed by atoms with Crippen LogP contribution in [-0.2, 0) is 0 Å². The van der Waals surface area contributed by atoms with Gasteiger partial charge in [-0.2, -0.15) is 5.10 Å². The number of nitrogens with zero attached hydrogens (tertiary/aromatic N) is 2. The average molecular weight is 454 g/mol. The molecule has 162 valence electrons. The molecule has 0 bridgehead atoms. The van der Waals surface area contributed by atoms with Crippen LogP contribution in [0.5, 0.6) is 11.5 Å². The maximum absolute atomic E-state index is 12.6. The van der Waals surface area contributed by atoms with Gasteiger partial charge in [0.2, 0.25) is 5.75 Å². The third-order valence-electron chi connectivity index (χ3n) is 4.20. The van der Waals surface area contributed by atoms with E-state index >= 15 is 0 Å². The zero-order chi connectivity index (χ0) is 23.1. The van der Waals surface area contributed by atoms with E-state index in [1.54, 1.807) is 24.3 Å². The number of rotatable bonds is 7. The molecule has 3 rings (SSSR count). The molecule has 0 aliphatic carbocycles. The highest BCUT2D eigenvalue weighted by molar-refractivity contribution is 6.30. The molecule has 0 unspecified atom stereocenters. The van der Waals surface area contributed by atoms with Crippen molar-refractivity contribution in [2.24, 2.45) is 5.10 Å². The van der Waals surface area contributed by atoms with Crippen LogP contribution >= 0.6 is 11.6 Å². The topological polar surface area (TPSA) is 120 Å². The van der Waals surface area contributed by atoms with Crippen LogP contribution in [0.15, 0.2) is 71.8 Å². The minimum Gasteiger partial charge on any atom is -0.497 e. The molecule has 0 atom stereocenters. The number of carbonyl (C=O) groups is 2. The number of carbonyl (C=O) groups excluding carboxylic acids is 2. The molecule has 0 saturated carbocycles. The molecule has 0 fully saturated rings. The number of hydrogen-bond acceptors (Lipinski definition) is 7. The average Bonchev–Trinajstić information content (AvgIpc) is 2.80. The van der Waals surface area contributed by atoms with Crippen LogP contribution in [0.4, 0.5) is 5.69 Å². The molecule has 0 heterocycles. The van der Waals surface area contributed by atoms with E-state index < -0.39 is 22.5 Å². The molecule has 0 aliphatic rings. The normalized spacial score (nSPS) is 10.6. The van der Waals surface area contributed by atoms with Crippen molar-refractivity contribution in [3.8, 4) is 11.5 Å². The molecular weight excluding hydrogens is 438 g/mol. The number of hydrogen-bond donors (Lipinski definition) is 1. The molecule has 3 aromatic carbocycles. The Labute approximate surface area is 187 Å². The molecule has 0 spiro atoms. The van der Waals surface area contributed by atoms with E-state index in [1.807, 2.05) is 0 Å². The highest BCUT2D eigenvalue weighted by Crippen LogP contribution is 2.31. The lowest BCUT2D eigenvalue weighted by Gasteiger charge is -2.09. The molecule has 0 saturated heterocycles. The lowest BCUT2D eigenvalue weighted by atomic mass is 10.1. The fraction of sp³-hybridized carbons (Fsp3) is 0.0455. The summed E-state index contributed by atoms with van der Waals surface area (Å²) in [4.78, 5) is 35.5. The second-order valence-corrected chi connectivity index (χ2v) is 6.72. The molecular formula is C22H16ClN3O6. The Bertz CT molecular complexity index is 1190. The van der Waals surface area contributed by atoms with Gasteiger partial charge in [-0.25, -0.2) is 10.2 Å². The van der Waals surface area contributed by atoms with Gasteiger partial charge in [0.15, 0.2) is 0 Å². The molecule has 0 aliphatic heterocycles. The van der Waals surface area contributed by atoms with Crippen molar-refractivity contribution in [3.63, 3.8) is 0 Å². The highest BCUT2D eigenvalue weighted by Gasteiger charge is 2.22. The second-order valence-electron chi connectivity index (χ2n) is 6.28. The number of ether oxygens (including phenoxy) is 2.